The van der Waals surface area contributed by atoms with Crippen LogP contribution in [0.25, 0.3) is 0 Å². The monoisotopic (exact) mass is 240 g/mol. The van der Waals surface area contributed by atoms with E-state index in [1.807, 2.05) is 0 Å². The van der Waals surface area contributed by atoms with E-state index >= 15 is 0 Å². The minimum absolute atomic E-state index is 0.244. The molecule has 0 atom stereocenters. The van der Waals surface area contributed by atoms with Crippen molar-refractivity contribution >= 4 is 5.84 Å². The summed E-state index contributed by atoms with van der Waals surface area (Å²) >= 11 is 0. The minimum atomic E-state index is 0.244. The second-order valence-corrected chi connectivity index (χ2v) is 5.52. The number of hydrogen-bond acceptors (Lipinski definition) is 2. The molecule has 100 valence electrons. The number of unbranched alkanes of at least 4 members (excludes halogenated alkanes) is 5. The molecule has 0 aromatic carbocycles. The summed E-state index contributed by atoms with van der Waals surface area (Å²) in [6.07, 6.45) is 10.9. The molecule has 0 saturated heterocycles. The Morgan fingerprint density at radius 3 is 2.41 bits per heavy atom. The predicted molar refractivity (Wildman–Crippen MR) is 72.4 cm³/mol. The van der Waals surface area contributed by atoms with Crippen molar-refractivity contribution in [2.24, 2.45) is 11.1 Å². The second kappa shape index (κ2) is 7.70. The molecular formula is C14H28N2O. The van der Waals surface area contributed by atoms with Gasteiger partial charge in [0.2, 0.25) is 0 Å². The van der Waals surface area contributed by atoms with Gasteiger partial charge in [0.1, 0.15) is 0 Å². The Morgan fingerprint density at radius 2 is 1.82 bits per heavy atom. The molecule has 3 nitrogen and oxygen atoms in total. The second-order valence-electron chi connectivity index (χ2n) is 5.52. The van der Waals surface area contributed by atoms with Crippen molar-refractivity contribution in [1.29, 1.82) is 5.41 Å². The van der Waals surface area contributed by atoms with Crippen LogP contribution in [0.4, 0.5) is 0 Å². The van der Waals surface area contributed by atoms with E-state index in [4.69, 9.17) is 15.9 Å². The first-order valence-electron chi connectivity index (χ1n) is 7.09. The fraction of sp³-hybridized carbons (Fsp3) is 0.929. The molecule has 0 aromatic rings. The SMILES string of the molecule is CCCCCCCCOCC1(CC(=N)N)CC1. The standard InChI is InChI=1S/C14H28N2O/c1-2-3-4-5-6-7-10-17-12-14(8-9-14)11-13(15)16/h2-12H2,1H3,(H3,15,16). The molecule has 0 aromatic heterocycles. The predicted octanol–water partition coefficient (Wildman–Crippen LogP) is 3.47. The quantitative estimate of drug-likeness (QED) is 0.330. The lowest BCUT2D eigenvalue weighted by atomic mass is 10.0. The summed E-state index contributed by atoms with van der Waals surface area (Å²) in [6, 6.07) is 0. The maximum Gasteiger partial charge on any atom is 0.0911 e. The first-order valence-corrected chi connectivity index (χ1v) is 7.09. The third-order valence-corrected chi connectivity index (χ3v) is 3.57. The third-order valence-electron chi connectivity index (χ3n) is 3.57. The van der Waals surface area contributed by atoms with Crippen molar-refractivity contribution in [2.45, 2.75) is 64.7 Å². The summed E-state index contributed by atoms with van der Waals surface area (Å²) in [6.45, 7) is 3.93. The molecule has 0 unspecified atom stereocenters. The Hall–Kier alpha value is -0.570. The van der Waals surface area contributed by atoms with Gasteiger partial charge in [0, 0.05) is 18.4 Å². The van der Waals surface area contributed by atoms with Gasteiger partial charge in [-0.25, -0.2) is 0 Å². The lowest BCUT2D eigenvalue weighted by Crippen LogP contribution is -2.20. The van der Waals surface area contributed by atoms with Gasteiger partial charge < -0.3 is 10.5 Å². The first-order chi connectivity index (χ1) is 8.18. The van der Waals surface area contributed by atoms with Gasteiger partial charge in [-0.15, -0.1) is 0 Å². The fourth-order valence-electron chi connectivity index (χ4n) is 2.23. The average molecular weight is 240 g/mol. The molecule has 0 spiro atoms. The fourth-order valence-corrected chi connectivity index (χ4v) is 2.23. The van der Waals surface area contributed by atoms with E-state index in [0.717, 1.165) is 19.6 Å². The Bertz CT molecular complexity index is 224. The highest BCUT2D eigenvalue weighted by molar-refractivity contribution is 5.78. The summed E-state index contributed by atoms with van der Waals surface area (Å²) in [5.41, 5.74) is 5.69. The van der Waals surface area contributed by atoms with Crippen molar-refractivity contribution in [1.82, 2.24) is 0 Å². The van der Waals surface area contributed by atoms with Crippen LogP contribution in [0, 0.1) is 10.8 Å². The zero-order chi connectivity index (χ0) is 12.6. The molecule has 0 aliphatic heterocycles. The van der Waals surface area contributed by atoms with Crippen LogP contribution < -0.4 is 5.73 Å². The lowest BCUT2D eigenvalue weighted by molar-refractivity contribution is 0.0892. The van der Waals surface area contributed by atoms with Crippen LogP contribution in [-0.2, 0) is 4.74 Å². The normalized spacial score (nSPS) is 17.0. The summed E-state index contributed by atoms with van der Waals surface area (Å²) in [4.78, 5) is 0. The van der Waals surface area contributed by atoms with Crippen LogP contribution in [0.3, 0.4) is 0 Å². The van der Waals surface area contributed by atoms with E-state index in [-0.39, 0.29) is 5.41 Å². The molecule has 1 rings (SSSR count). The molecular weight excluding hydrogens is 212 g/mol. The van der Waals surface area contributed by atoms with Crippen molar-refractivity contribution < 1.29 is 4.74 Å². The van der Waals surface area contributed by atoms with Gasteiger partial charge in [0.25, 0.3) is 0 Å². The van der Waals surface area contributed by atoms with E-state index in [9.17, 15) is 0 Å². The summed E-state index contributed by atoms with van der Waals surface area (Å²) in [7, 11) is 0. The van der Waals surface area contributed by atoms with Gasteiger partial charge in [-0.2, -0.15) is 0 Å². The molecule has 1 aliphatic carbocycles. The molecule has 1 aliphatic rings. The zero-order valence-electron chi connectivity index (χ0n) is 11.3. The molecule has 0 heterocycles. The Balaban J connectivity index is 1.89. The molecule has 3 N–H and O–H groups in total. The Labute approximate surface area is 106 Å². The van der Waals surface area contributed by atoms with E-state index < -0.39 is 0 Å². The molecule has 0 bridgehead atoms. The Kier molecular flexibility index (Phi) is 6.56. The molecule has 1 fully saturated rings. The number of hydrogen-bond donors (Lipinski definition) is 2. The van der Waals surface area contributed by atoms with E-state index in [1.165, 1.54) is 51.4 Å². The van der Waals surface area contributed by atoms with Crippen molar-refractivity contribution in [3.05, 3.63) is 0 Å². The van der Waals surface area contributed by atoms with Crippen molar-refractivity contribution in [3.63, 3.8) is 0 Å². The van der Waals surface area contributed by atoms with Crippen LogP contribution in [0.5, 0.6) is 0 Å². The number of nitrogens with two attached hydrogens (primary N) is 1. The lowest BCUT2D eigenvalue weighted by Gasteiger charge is -2.14. The summed E-state index contributed by atoms with van der Waals surface area (Å²) < 4.78 is 5.72. The summed E-state index contributed by atoms with van der Waals surface area (Å²) in [5, 5.41) is 7.32. The number of ether oxygens (including phenoxy) is 1. The maximum absolute atomic E-state index is 7.32. The highest BCUT2D eigenvalue weighted by Crippen LogP contribution is 2.48. The maximum atomic E-state index is 7.32. The largest absolute Gasteiger partial charge is 0.388 e. The van der Waals surface area contributed by atoms with Crippen LogP contribution >= 0.6 is 0 Å². The number of rotatable bonds is 11. The smallest absolute Gasteiger partial charge is 0.0911 e. The third kappa shape index (κ3) is 6.67. The molecule has 3 heteroatoms. The van der Waals surface area contributed by atoms with Crippen LogP contribution in [0.15, 0.2) is 0 Å². The van der Waals surface area contributed by atoms with E-state index in [1.54, 1.807) is 0 Å². The van der Waals surface area contributed by atoms with Gasteiger partial charge in [0.15, 0.2) is 0 Å². The highest BCUT2D eigenvalue weighted by Gasteiger charge is 2.43. The molecule has 1 saturated carbocycles. The number of nitrogens with one attached hydrogen (secondary N) is 1. The minimum Gasteiger partial charge on any atom is -0.388 e. The number of amidine groups is 1. The Morgan fingerprint density at radius 1 is 1.18 bits per heavy atom. The summed E-state index contributed by atoms with van der Waals surface area (Å²) in [5.74, 6) is 0.311. The van der Waals surface area contributed by atoms with E-state index in [2.05, 4.69) is 6.92 Å². The topological polar surface area (TPSA) is 59.1 Å². The van der Waals surface area contributed by atoms with E-state index in [0.29, 0.717) is 5.84 Å². The first kappa shape index (κ1) is 14.5. The van der Waals surface area contributed by atoms with Gasteiger partial charge in [0.05, 0.1) is 12.4 Å². The zero-order valence-corrected chi connectivity index (χ0v) is 11.3. The molecule has 0 amide bonds. The molecule has 0 radical (unpaired) electrons. The van der Waals surface area contributed by atoms with Gasteiger partial charge >= 0.3 is 0 Å². The van der Waals surface area contributed by atoms with Crippen molar-refractivity contribution in [3.8, 4) is 0 Å². The van der Waals surface area contributed by atoms with Crippen LogP contribution in [0.1, 0.15) is 64.7 Å². The van der Waals surface area contributed by atoms with Crippen molar-refractivity contribution in [2.75, 3.05) is 13.2 Å². The molecule has 17 heavy (non-hydrogen) atoms. The van der Waals surface area contributed by atoms with Gasteiger partial charge in [-0.1, -0.05) is 39.0 Å². The van der Waals surface area contributed by atoms with Gasteiger partial charge in [-0.3, -0.25) is 5.41 Å². The highest BCUT2D eigenvalue weighted by atomic mass is 16.5. The van der Waals surface area contributed by atoms with Crippen LogP contribution in [0.2, 0.25) is 0 Å². The van der Waals surface area contributed by atoms with Crippen LogP contribution in [-0.4, -0.2) is 19.0 Å². The van der Waals surface area contributed by atoms with Gasteiger partial charge in [-0.05, 0) is 19.3 Å². The average Bonchev–Trinajstić information content (AvgIpc) is 3.01.